The van der Waals surface area contributed by atoms with E-state index in [2.05, 4.69) is 0 Å². The summed E-state index contributed by atoms with van der Waals surface area (Å²) in [6.45, 7) is 1.96. The third kappa shape index (κ3) is 5.05. The molecule has 0 aliphatic rings. The lowest BCUT2D eigenvalue weighted by Crippen LogP contribution is -2.10. The van der Waals surface area contributed by atoms with Gasteiger partial charge in [0.05, 0.1) is 7.11 Å². The summed E-state index contributed by atoms with van der Waals surface area (Å²) in [4.78, 5) is 10.6. The molecule has 5 nitrogen and oxygen atoms in total. The molecule has 136 valence electrons. The van der Waals surface area contributed by atoms with E-state index in [4.69, 9.17) is 15.6 Å². The van der Waals surface area contributed by atoms with Crippen molar-refractivity contribution in [3.8, 4) is 5.75 Å². The monoisotopic (exact) mass is 353 g/mol. The number of fused-ring (bicyclic) bond motifs is 1. The zero-order chi connectivity index (χ0) is 19.1. The number of carbonyl (C=O) groups is 1. The summed E-state index contributed by atoms with van der Waals surface area (Å²) in [5, 5.41) is 20.0. The van der Waals surface area contributed by atoms with Gasteiger partial charge in [-0.25, -0.2) is 4.79 Å². The van der Waals surface area contributed by atoms with E-state index in [1.54, 1.807) is 25.3 Å². The van der Waals surface area contributed by atoms with Gasteiger partial charge in [0.15, 0.2) is 6.10 Å². The van der Waals surface area contributed by atoms with E-state index >= 15 is 0 Å². The molecule has 0 aliphatic carbocycles. The molecule has 3 rings (SSSR count). The Kier molecular flexibility index (Phi) is 6.72. The van der Waals surface area contributed by atoms with Crippen LogP contribution in [0.5, 0.6) is 5.75 Å². The van der Waals surface area contributed by atoms with Gasteiger partial charge in [-0.3, -0.25) is 0 Å². The third-order valence-corrected chi connectivity index (χ3v) is 3.96. The fraction of sp³-hybridized carbons (Fsp3) is 0.190. The van der Waals surface area contributed by atoms with E-state index in [-0.39, 0.29) is 6.04 Å². The minimum atomic E-state index is -1.45. The lowest BCUT2D eigenvalue weighted by atomic mass is 10.0. The van der Waals surface area contributed by atoms with E-state index in [9.17, 15) is 9.90 Å². The molecule has 0 unspecified atom stereocenters. The summed E-state index contributed by atoms with van der Waals surface area (Å²) in [5.41, 5.74) is 7.20. The average Bonchev–Trinajstić information content (AvgIpc) is 2.67. The number of nitrogens with two attached hydrogens (primary N) is 1. The number of carboxylic acid groups (broad SMARTS) is 1. The predicted molar refractivity (Wildman–Crippen MR) is 102 cm³/mol. The zero-order valence-electron chi connectivity index (χ0n) is 14.8. The Balaban J connectivity index is 0.000000197. The second-order valence-electron chi connectivity index (χ2n) is 5.91. The number of methoxy groups -OCH3 is 1. The van der Waals surface area contributed by atoms with E-state index in [0.717, 1.165) is 22.1 Å². The Morgan fingerprint density at radius 2 is 1.54 bits per heavy atom. The number of aliphatic carboxylic acids is 1. The van der Waals surface area contributed by atoms with Gasteiger partial charge in [-0.1, -0.05) is 48.5 Å². The number of hydrogen-bond acceptors (Lipinski definition) is 4. The second-order valence-corrected chi connectivity index (χ2v) is 5.91. The van der Waals surface area contributed by atoms with Crippen LogP contribution in [0.25, 0.3) is 10.8 Å². The van der Waals surface area contributed by atoms with Crippen LogP contribution in [-0.4, -0.2) is 23.3 Å². The minimum absolute atomic E-state index is 0.0981. The van der Waals surface area contributed by atoms with Crippen molar-refractivity contribution in [3.63, 3.8) is 0 Å². The average molecular weight is 353 g/mol. The molecule has 3 aromatic rings. The van der Waals surface area contributed by atoms with Crippen molar-refractivity contribution in [2.24, 2.45) is 5.73 Å². The van der Waals surface area contributed by atoms with Gasteiger partial charge in [-0.05, 0) is 47.0 Å². The molecule has 4 N–H and O–H groups in total. The highest BCUT2D eigenvalue weighted by Crippen LogP contribution is 2.20. The Hall–Kier alpha value is -2.89. The number of hydrogen-bond donors (Lipinski definition) is 3. The number of rotatable bonds is 4. The summed E-state index contributed by atoms with van der Waals surface area (Å²) in [6, 6.07) is 20.6. The summed E-state index contributed by atoms with van der Waals surface area (Å²) in [6.07, 6.45) is -1.45. The van der Waals surface area contributed by atoms with Gasteiger partial charge in [0.1, 0.15) is 5.75 Å². The van der Waals surface area contributed by atoms with Crippen LogP contribution in [0.4, 0.5) is 0 Å². The van der Waals surface area contributed by atoms with Gasteiger partial charge in [-0.2, -0.15) is 0 Å². The number of benzene rings is 3. The molecule has 3 aromatic carbocycles. The van der Waals surface area contributed by atoms with Crippen molar-refractivity contribution in [2.75, 3.05) is 7.11 Å². The largest absolute Gasteiger partial charge is 0.497 e. The molecule has 2 atom stereocenters. The topological polar surface area (TPSA) is 92.8 Å². The number of carboxylic acids is 1. The SMILES string of the molecule is COc1ccc([C@H](C)N)cc1.O=C(O)[C@@H](O)c1ccc2ccccc2c1. The van der Waals surface area contributed by atoms with Crippen molar-refractivity contribution in [3.05, 3.63) is 77.9 Å². The van der Waals surface area contributed by atoms with Crippen LogP contribution in [0.3, 0.4) is 0 Å². The van der Waals surface area contributed by atoms with Crippen LogP contribution in [-0.2, 0) is 4.79 Å². The molecule has 0 fully saturated rings. The highest BCUT2D eigenvalue weighted by Gasteiger charge is 2.15. The second kappa shape index (κ2) is 8.99. The summed E-state index contributed by atoms with van der Waals surface area (Å²) >= 11 is 0. The van der Waals surface area contributed by atoms with Crippen molar-refractivity contribution in [1.82, 2.24) is 0 Å². The first-order valence-electron chi connectivity index (χ1n) is 8.21. The molecule has 0 aromatic heterocycles. The summed E-state index contributed by atoms with van der Waals surface area (Å²) < 4.78 is 5.01. The van der Waals surface area contributed by atoms with Gasteiger partial charge in [0, 0.05) is 6.04 Å². The summed E-state index contributed by atoms with van der Waals surface area (Å²) in [5.74, 6) is -0.361. The predicted octanol–water partition coefficient (Wildman–Crippen LogP) is 3.67. The molecule has 26 heavy (non-hydrogen) atoms. The molecule has 0 bridgehead atoms. The molecule has 0 aliphatic heterocycles. The standard InChI is InChI=1S/C12H10O3.C9H13NO/c13-11(12(14)15)10-6-5-8-3-1-2-4-9(8)7-10;1-7(10)8-3-5-9(11-2)6-4-8/h1-7,11,13H,(H,14,15);3-7H,10H2,1-2H3/t11-;7-/m00/s1. The smallest absolute Gasteiger partial charge is 0.337 e. The molecule has 0 amide bonds. The van der Waals surface area contributed by atoms with Crippen LogP contribution in [0.15, 0.2) is 66.7 Å². The maximum atomic E-state index is 10.6. The molecule has 0 radical (unpaired) electrons. The van der Waals surface area contributed by atoms with Gasteiger partial charge in [-0.15, -0.1) is 0 Å². The molecule has 0 heterocycles. The Labute approximate surface area is 152 Å². The fourth-order valence-electron chi connectivity index (χ4n) is 2.43. The van der Waals surface area contributed by atoms with Crippen LogP contribution in [0, 0.1) is 0 Å². The lowest BCUT2D eigenvalue weighted by molar-refractivity contribution is -0.146. The zero-order valence-corrected chi connectivity index (χ0v) is 14.8. The van der Waals surface area contributed by atoms with Crippen molar-refractivity contribution in [1.29, 1.82) is 0 Å². The van der Waals surface area contributed by atoms with Crippen LogP contribution in [0.2, 0.25) is 0 Å². The lowest BCUT2D eigenvalue weighted by Gasteiger charge is -2.06. The quantitative estimate of drug-likeness (QED) is 0.665. The minimum Gasteiger partial charge on any atom is -0.497 e. The number of aliphatic hydroxyl groups is 1. The first kappa shape index (κ1) is 19.4. The van der Waals surface area contributed by atoms with Gasteiger partial charge in [0.2, 0.25) is 0 Å². The molecule has 5 heteroatoms. The van der Waals surface area contributed by atoms with E-state index in [0.29, 0.717) is 5.56 Å². The van der Waals surface area contributed by atoms with Crippen LogP contribution >= 0.6 is 0 Å². The van der Waals surface area contributed by atoms with Gasteiger partial charge in [0.25, 0.3) is 0 Å². The molecule has 0 saturated heterocycles. The normalized spacial score (nSPS) is 12.6. The highest BCUT2D eigenvalue weighted by atomic mass is 16.5. The Morgan fingerprint density at radius 3 is 2.08 bits per heavy atom. The van der Waals surface area contributed by atoms with E-state index < -0.39 is 12.1 Å². The Bertz CT molecular complexity index is 859. The molecule has 0 saturated carbocycles. The molecule has 0 spiro atoms. The first-order valence-corrected chi connectivity index (χ1v) is 8.21. The molecular formula is C21H23NO4. The summed E-state index contributed by atoms with van der Waals surface area (Å²) in [7, 11) is 1.65. The highest BCUT2D eigenvalue weighted by molar-refractivity contribution is 5.84. The maximum absolute atomic E-state index is 10.6. The van der Waals surface area contributed by atoms with Crippen molar-refractivity contribution in [2.45, 2.75) is 19.1 Å². The van der Waals surface area contributed by atoms with Crippen molar-refractivity contribution >= 4 is 16.7 Å². The van der Waals surface area contributed by atoms with Crippen LogP contribution in [0.1, 0.15) is 30.2 Å². The maximum Gasteiger partial charge on any atom is 0.337 e. The third-order valence-electron chi connectivity index (χ3n) is 3.96. The van der Waals surface area contributed by atoms with E-state index in [1.165, 1.54) is 0 Å². The van der Waals surface area contributed by atoms with Gasteiger partial charge >= 0.3 is 5.97 Å². The van der Waals surface area contributed by atoms with Crippen molar-refractivity contribution < 1.29 is 19.7 Å². The van der Waals surface area contributed by atoms with Gasteiger partial charge < -0.3 is 20.7 Å². The Morgan fingerprint density at radius 1 is 0.962 bits per heavy atom. The molecular weight excluding hydrogens is 330 g/mol. The number of ether oxygens (including phenoxy) is 1. The van der Waals surface area contributed by atoms with Crippen LogP contribution < -0.4 is 10.5 Å². The number of aliphatic hydroxyl groups excluding tert-OH is 1. The fourth-order valence-corrected chi connectivity index (χ4v) is 2.43. The first-order chi connectivity index (χ1) is 12.4. The van der Waals surface area contributed by atoms with E-state index in [1.807, 2.05) is 55.5 Å².